The number of halogens is 1. The minimum atomic E-state index is -1.91. The third-order valence-electron chi connectivity index (χ3n) is 7.01. The predicted molar refractivity (Wildman–Crippen MR) is 144 cm³/mol. The number of ether oxygens (including phenoxy) is 2. The fourth-order valence-electron chi connectivity index (χ4n) is 5.59. The van der Waals surface area contributed by atoms with Gasteiger partial charge in [0.1, 0.15) is 10.8 Å². The normalized spacial score (nSPS) is 14.0. The molecule has 1 aliphatic carbocycles. The van der Waals surface area contributed by atoms with E-state index in [1.807, 2.05) is 0 Å². The molecule has 0 aliphatic heterocycles. The molecule has 0 N–H and O–H groups in total. The minimum absolute atomic E-state index is 0.153. The van der Waals surface area contributed by atoms with Crippen LogP contribution in [0, 0.1) is 11.8 Å². The molecule has 0 heterocycles. The van der Waals surface area contributed by atoms with Crippen molar-refractivity contribution in [1.82, 2.24) is 0 Å². The molecular weight excluding hydrogens is 480 g/mol. The van der Waals surface area contributed by atoms with Gasteiger partial charge in [0.15, 0.2) is 14.1 Å². The quantitative estimate of drug-likeness (QED) is 0.178. The number of allylic oxidation sites excluding steroid dienone is 2. The Morgan fingerprint density at radius 2 is 1.54 bits per heavy atom. The van der Waals surface area contributed by atoms with Crippen molar-refractivity contribution in [3.8, 4) is 17.6 Å². The maximum atomic E-state index is 13.1. The van der Waals surface area contributed by atoms with Crippen LogP contribution in [0.4, 0.5) is 0 Å². The van der Waals surface area contributed by atoms with Crippen molar-refractivity contribution in [2.45, 2.75) is 84.4 Å². The smallest absolute Gasteiger partial charge is 0.230 e. The van der Waals surface area contributed by atoms with Gasteiger partial charge in [0.25, 0.3) is 0 Å². The van der Waals surface area contributed by atoms with Crippen molar-refractivity contribution in [2.75, 3.05) is 20.8 Å². The molecule has 1 aromatic rings. The van der Waals surface area contributed by atoms with Gasteiger partial charge in [0.2, 0.25) is 11.6 Å². The molecule has 0 spiro atoms. The summed E-state index contributed by atoms with van der Waals surface area (Å²) in [5, 5.41) is -0.227. The number of ketones is 2. The lowest BCUT2D eigenvalue weighted by molar-refractivity contribution is 0.0911. The van der Waals surface area contributed by atoms with Crippen LogP contribution in [-0.4, -0.2) is 40.7 Å². The van der Waals surface area contributed by atoms with Crippen LogP contribution in [0.15, 0.2) is 16.9 Å². The molecule has 0 saturated carbocycles. The summed E-state index contributed by atoms with van der Waals surface area (Å²) in [6.07, 6.45) is 2.35. The van der Waals surface area contributed by atoms with E-state index in [9.17, 15) is 9.59 Å². The first-order valence-electron chi connectivity index (χ1n) is 12.3. The average molecular weight is 519 g/mol. The number of hydrogen-bond donors (Lipinski definition) is 0. The third kappa shape index (κ3) is 5.53. The van der Waals surface area contributed by atoms with E-state index in [0.29, 0.717) is 41.0 Å². The molecule has 2 rings (SSSR count). The Bertz CT molecular complexity index is 1040. The fourth-order valence-corrected chi connectivity index (χ4v) is 11.3. The number of methoxy groups -OCH3 is 2. The molecule has 1 aromatic carbocycles. The van der Waals surface area contributed by atoms with E-state index in [0.717, 1.165) is 18.4 Å². The first-order chi connectivity index (χ1) is 16.5. The molecular formula is C28H39ClO5Si. The Kier molecular flexibility index (Phi) is 10.2. The van der Waals surface area contributed by atoms with Gasteiger partial charge in [0, 0.05) is 23.3 Å². The van der Waals surface area contributed by atoms with E-state index in [1.54, 1.807) is 13.0 Å². The topological polar surface area (TPSA) is 61.8 Å². The van der Waals surface area contributed by atoms with Crippen molar-refractivity contribution in [1.29, 1.82) is 0 Å². The first-order valence-corrected chi connectivity index (χ1v) is 14.8. The fraction of sp³-hybridized carbons (Fsp3) is 0.571. The number of hydrogen-bond acceptors (Lipinski definition) is 5. The zero-order valence-corrected chi connectivity index (χ0v) is 24.3. The second-order valence-corrected chi connectivity index (χ2v) is 15.7. The Hall–Kier alpha value is -2.07. The summed E-state index contributed by atoms with van der Waals surface area (Å²) < 4.78 is 17.5. The largest absolute Gasteiger partial charge is 0.496 e. The number of rotatable bonds is 11. The maximum absolute atomic E-state index is 13.1. The molecule has 0 unspecified atom stereocenters. The van der Waals surface area contributed by atoms with Gasteiger partial charge in [-0.3, -0.25) is 9.59 Å². The molecule has 0 saturated heterocycles. The van der Waals surface area contributed by atoms with Crippen LogP contribution in [0.25, 0.3) is 0 Å². The molecule has 0 radical (unpaired) electrons. The lowest BCUT2D eigenvalue weighted by atomic mass is 9.86. The minimum Gasteiger partial charge on any atom is -0.496 e. The van der Waals surface area contributed by atoms with Crippen LogP contribution in [0.1, 0.15) is 93.2 Å². The van der Waals surface area contributed by atoms with E-state index in [2.05, 4.69) is 53.4 Å². The molecule has 5 nitrogen and oxygen atoms in total. The van der Waals surface area contributed by atoms with E-state index in [4.69, 9.17) is 25.5 Å². The lowest BCUT2D eigenvalue weighted by Crippen LogP contribution is -2.47. The van der Waals surface area contributed by atoms with Crippen LogP contribution in [0.5, 0.6) is 5.75 Å². The number of Topliss-reactive ketones (excluding diaryl/α,β-unsaturated/α-hetero) is 2. The van der Waals surface area contributed by atoms with Crippen LogP contribution in [-0.2, 0) is 15.6 Å². The molecule has 0 fully saturated rings. The highest BCUT2D eigenvalue weighted by atomic mass is 35.5. The van der Waals surface area contributed by atoms with Crippen LogP contribution < -0.4 is 4.74 Å². The average Bonchev–Trinajstić information content (AvgIpc) is 2.79. The SMILES string of the molecule is CC#Cc1cc2c(c(OC)c1CCCCO[Si](C(C)C)(C(C)C)C(C)C)C(=O)C(Cl)=C(OC)C2=O. The van der Waals surface area contributed by atoms with E-state index in [1.165, 1.54) is 14.2 Å². The van der Waals surface area contributed by atoms with Gasteiger partial charge in [-0.25, -0.2) is 0 Å². The molecule has 192 valence electrons. The van der Waals surface area contributed by atoms with Crippen molar-refractivity contribution in [3.63, 3.8) is 0 Å². The molecule has 0 bridgehead atoms. The zero-order chi connectivity index (χ0) is 26.5. The highest BCUT2D eigenvalue weighted by Crippen LogP contribution is 2.42. The third-order valence-corrected chi connectivity index (χ3v) is 13.5. The summed E-state index contributed by atoms with van der Waals surface area (Å²) in [6, 6.07) is 1.66. The van der Waals surface area contributed by atoms with Crippen LogP contribution >= 0.6 is 11.6 Å². The number of unbranched alkanes of at least 4 members (excludes halogenated alkanes) is 1. The van der Waals surface area contributed by atoms with Gasteiger partial charge >= 0.3 is 0 Å². The van der Waals surface area contributed by atoms with Gasteiger partial charge < -0.3 is 13.9 Å². The summed E-state index contributed by atoms with van der Waals surface area (Å²) in [5.74, 6) is 5.29. The van der Waals surface area contributed by atoms with Gasteiger partial charge in [-0.2, -0.15) is 0 Å². The number of fused-ring (bicyclic) bond motifs is 1. The number of carbonyl (C=O) groups excluding carboxylic acids is 2. The molecule has 0 amide bonds. The van der Waals surface area contributed by atoms with Gasteiger partial charge in [-0.15, -0.1) is 5.92 Å². The molecule has 7 heteroatoms. The van der Waals surface area contributed by atoms with Crippen molar-refractivity contribution < 1.29 is 23.5 Å². The first kappa shape index (κ1) is 29.2. The molecule has 1 aliphatic rings. The summed E-state index contributed by atoms with van der Waals surface area (Å²) in [4.78, 5) is 26.0. The standard InChI is InChI=1S/C28H39ClO5Si/c1-10-13-20-16-22-23(26(31)24(29)28(33-9)25(22)30)27(32-8)21(20)14-11-12-15-34-35(17(2)3,18(4)5)19(6)7/h16-19H,11-12,14-15H2,1-9H3. The Morgan fingerprint density at radius 3 is 2.03 bits per heavy atom. The zero-order valence-electron chi connectivity index (χ0n) is 22.6. The summed E-state index contributed by atoms with van der Waals surface area (Å²) in [7, 11) is 0.910. The van der Waals surface area contributed by atoms with E-state index in [-0.39, 0.29) is 21.9 Å². The Morgan fingerprint density at radius 1 is 0.943 bits per heavy atom. The van der Waals surface area contributed by atoms with Crippen LogP contribution in [0.3, 0.4) is 0 Å². The highest BCUT2D eigenvalue weighted by molar-refractivity contribution is 6.77. The highest BCUT2D eigenvalue weighted by Gasteiger charge is 2.44. The summed E-state index contributed by atoms with van der Waals surface area (Å²) in [5.41, 5.74) is 3.48. The van der Waals surface area contributed by atoms with Gasteiger partial charge in [-0.1, -0.05) is 59.1 Å². The number of benzene rings is 1. The maximum Gasteiger partial charge on any atom is 0.230 e. The summed E-state index contributed by atoms with van der Waals surface area (Å²) in [6.45, 7) is 16.1. The molecule has 0 atom stereocenters. The van der Waals surface area contributed by atoms with Crippen molar-refractivity contribution in [2.24, 2.45) is 0 Å². The predicted octanol–water partition coefficient (Wildman–Crippen LogP) is 7.06. The lowest BCUT2D eigenvalue weighted by Gasteiger charge is -2.42. The van der Waals surface area contributed by atoms with Gasteiger partial charge in [0.05, 0.1) is 19.8 Å². The number of carbonyl (C=O) groups is 2. The van der Waals surface area contributed by atoms with E-state index >= 15 is 0 Å². The molecule has 0 aromatic heterocycles. The van der Waals surface area contributed by atoms with Gasteiger partial charge in [-0.05, 0) is 48.9 Å². The Balaban J connectivity index is 2.34. The van der Waals surface area contributed by atoms with Crippen LogP contribution in [0.2, 0.25) is 16.6 Å². The molecule has 35 heavy (non-hydrogen) atoms. The summed E-state index contributed by atoms with van der Waals surface area (Å²) >= 11 is 6.19. The second kappa shape index (κ2) is 12.3. The van der Waals surface area contributed by atoms with Crippen molar-refractivity contribution >= 4 is 31.5 Å². The van der Waals surface area contributed by atoms with Crippen molar-refractivity contribution in [3.05, 3.63) is 39.1 Å². The Labute approximate surface area is 216 Å². The monoisotopic (exact) mass is 518 g/mol. The van der Waals surface area contributed by atoms with E-state index < -0.39 is 19.9 Å². The second-order valence-electron chi connectivity index (χ2n) is 9.86.